The molecule has 0 aromatic rings. The molecule has 0 radical (unpaired) electrons. The minimum atomic E-state index is -1.46. The number of carbonyl (C=O) groups excluding carboxylic acids is 2. The lowest BCUT2D eigenvalue weighted by atomic mass is 10.2. The van der Waals surface area contributed by atoms with Gasteiger partial charge in [0.15, 0.2) is 0 Å². The number of rotatable bonds is 1. The van der Waals surface area contributed by atoms with E-state index in [1.807, 2.05) is 0 Å². The molecule has 0 bridgehead atoms. The normalized spacial score (nSPS) is 21.6. The molecule has 1 atom stereocenters. The van der Waals surface area contributed by atoms with Crippen molar-refractivity contribution in [2.24, 2.45) is 0 Å². The Morgan fingerprint density at radius 1 is 1.40 bits per heavy atom. The van der Waals surface area contributed by atoms with Gasteiger partial charge in [-0.3, -0.25) is 9.69 Å². The highest BCUT2D eigenvalue weighted by molar-refractivity contribution is 5.81. The number of hydrogen-bond acceptors (Lipinski definition) is 3. The van der Waals surface area contributed by atoms with Crippen molar-refractivity contribution in [3.05, 3.63) is 0 Å². The van der Waals surface area contributed by atoms with Crippen LogP contribution in [0.15, 0.2) is 0 Å². The van der Waals surface area contributed by atoms with Gasteiger partial charge in [-0.05, 0) is 33.6 Å². The molecular weight excluding hydrogens is 201 g/mol. The monoisotopic (exact) mass is 217 g/mol. The summed E-state index contributed by atoms with van der Waals surface area (Å²) in [5.41, 5.74) is -0.621. The van der Waals surface area contributed by atoms with E-state index in [9.17, 15) is 14.0 Å². The number of halogens is 1. The van der Waals surface area contributed by atoms with Crippen molar-refractivity contribution in [3.63, 3.8) is 0 Å². The summed E-state index contributed by atoms with van der Waals surface area (Å²) in [6.07, 6.45) is 0.407. The van der Waals surface area contributed by atoms with Gasteiger partial charge in [0, 0.05) is 6.54 Å². The van der Waals surface area contributed by atoms with Crippen LogP contribution in [-0.4, -0.2) is 35.2 Å². The van der Waals surface area contributed by atoms with Crippen molar-refractivity contribution in [1.82, 2.24) is 4.90 Å². The van der Waals surface area contributed by atoms with Crippen molar-refractivity contribution in [2.45, 2.75) is 45.3 Å². The largest absolute Gasteiger partial charge is 0.444 e. The van der Waals surface area contributed by atoms with Gasteiger partial charge in [-0.1, -0.05) is 0 Å². The average molecular weight is 217 g/mol. The minimum Gasteiger partial charge on any atom is -0.444 e. The number of hydrogen-bond donors (Lipinski definition) is 0. The predicted octanol–water partition coefficient (Wildman–Crippen LogP) is 1.88. The molecular formula is C10H16FNO3. The van der Waals surface area contributed by atoms with Gasteiger partial charge in [0.05, 0.1) is 0 Å². The Kier molecular flexibility index (Phi) is 3.31. The molecule has 0 spiro atoms. The fraction of sp³-hybridized carbons (Fsp3) is 0.800. The van der Waals surface area contributed by atoms with Crippen LogP contribution in [0.5, 0.6) is 0 Å². The number of carbonyl (C=O) groups is 2. The second-order valence-electron chi connectivity index (χ2n) is 4.64. The SMILES string of the molecule is CC(C)(C)OC(=O)N1CCC[C@H]1C(=O)F. The number of amides is 1. The van der Waals surface area contributed by atoms with Crippen molar-refractivity contribution in [1.29, 1.82) is 0 Å². The van der Waals surface area contributed by atoms with E-state index in [0.717, 1.165) is 4.90 Å². The molecule has 0 saturated carbocycles. The Hall–Kier alpha value is -1.13. The zero-order valence-electron chi connectivity index (χ0n) is 9.25. The summed E-state index contributed by atoms with van der Waals surface area (Å²) in [4.78, 5) is 23.3. The number of ether oxygens (including phenoxy) is 1. The van der Waals surface area contributed by atoms with Gasteiger partial charge >= 0.3 is 12.1 Å². The summed E-state index contributed by atoms with van der Waals surface area (Å²) >= 11 is 0. The summed E-state index contributed by atoms with van der Waals surface area (Å²) in [5, 5.41) is 0. The van der Waals surface area contributed by atoms with Gasteiger partial charge in [-0.2, -0.15) is 4.39 Å². The Morgan fingerprint density at radius 2 is 2.00 bits per heavy atom. The van der Waals surface area contributed by atoms with E-state index in [4.69, 9.17) is 4.74 Å². The van der Waals surface area contributed by atoms with Gasteiger partial charge in [0.25, 0.3) is 0 Å². The van der Waals surface area contributed by atoms with E-state index in [2.05, 4.69) is 0 Å². The van der Waals surface area contributed by atoms with Crippen LogP contribution in [0.1, 0.15) is 33.6 Å². The highest BCUT2D eigenvalue weighted by Crippen LogP contribution is 2.21. The molecule has 1 aliphatic rings. The molecule has 86 valence electrons. The number of likely N-dealkylation sites (tertiary alicyclic amines) is 1. The van der Waals surface area contributed by atoms with Crippen LogP contribution in [0.25, 0.3) is 0 Å². The molecule has 15 heavy (non-hydrogen) atoms. The average Bonchev–Trinajstić information content (AvgIpc) is 2.47. The third kappa shape index (κ3) is 3.18. The van der Waals surface area contributed by atoms with Crippen LogP contribution >= 0.6 is 0 Å². The van der Waals surface area contributed by atoms with Crippen LogP contribution in [0.4, 0.5) is 9.18 Å². The molecule has 0 aromatic carbocycles. The maximum Gasteiger partial charge on any atom is 0.410 e. The van der Waals surface area contributed by atoms with E-state index in [1.165, 1.54) is 0 Å². The van der Waals surface area contributed by atoms with E-state index < -0.39 is 23.8 Å². The van der Waals surface area contributed by atoms with E-state index >= 15 is 0 Å². The third-order valence-electron chi connectivity index (χ3n) is 2.14. The van der Waals surface area contributed by atoms with Gasteiger partial charge in [-0.25, -0.2) is 4.79 Å². The summed E-state index contributed by atoms with van der Waals surface area (Å²) in [6, 6.07) is -2.40. The van der Waals surface area contributed by atoms with Crippen molar-refractivity contribution >= 4 is 12.1 Å². The van der Waals surface area contributed by atoms with Gasteiger partial charge in [0.2, 0.25) is 0 Å². The van der Waals surface area contributed by atoms with Gasteiger partial charge < -0.3 is 4.74 Å². The molecule has 0 N–H and O–H groups in total. The topological polar surface area (TPSA) is 46.6 Å². The first-order valence-electron chi connectivity index (χ1n) is 5.00. The van der Waals surface area contributed by atoms with Crippen molar-refractivity contribution in [2.75, 3.05) is 6.54 Å². The molecule has 1 aliphatic heterocycles. The van der Waals surface area contributed by atoms with Crippen molar-refractivity contribution in [3.8, 4) is 0 Å². The first-order valence-corrected chi connectivity index (χ1v) is 5.00. The molecule has 1 saturated heterocycles. The molecule has 5 heteroatoms. The van der Waals surface area contributed by atoms with Gasteiger partial charge in [-0.15, -0.1) is 0 Å². The second kappa shape index (κ2) is 4.16. The summed E-state index contributed by atoms with van der Waals surface area (Å²) < 4.78 is 17.6. The molecule has 1 fully saturated rings. The number of nitrogens with zero attached hydrogens (tertiary/aromatic N) is 1. The van der Waals surface area contributed by atoms with E-state index in [1.54, 1.807) is 20.8 Å². The molecule has 1 rings (SSSR count). The highest BCUT2D eigenvalue weighted by Gasteiger charge is 2.36. The Bertz CT molecular complexity index is 272. The zero-order valence-corrected chi connectivity index (χ0v) is 9.25. The predicted molar refractivity (Wildman–Crippen MR) is 52.1 cm³/mol. The standard InChI is InChI=1S/C10H16FNO3/c1-10(2,3)15-9(14)12-6-4-5-7(12)8(11)13/h7H,4-6H2,1-3H3/t7-/m0/s1. The van der Waals surface area contributed by atoms with Gasteiger partial charge in [0.1, 0.15) is 11.6 Å². The van der Waals surface area contributed by atoms with Crippen molar-refractivity contribution < 1.29 is 18.7 Å². The second-order valence-corrected chi connectivity index (χ2v) is 4.64. The van der Waals surface area contributed by atoms with Crippen LogP contribution in [0.2, 0.25) is 0 Å². The highest BCUT2D eigenvalue weighted by atomic mass is 19.1. The smallest absolute Gasteiger partial charge is 0.410 e. The Labute approximate surface area is 88.4 Å². The molecule has 1 heterocycles. The lowest BCUT2D eigenvalue weighted by Crippen LogP contribution is -2.42. The van der Waals surface area contributed by atoms with Crippen LogP contribution < -0.4 is 0 Å². The fourth-order valence-corrected chi connectivity index (χ4v) is 1.54. The van der Waals surface area contributed by atoms with E-state index in [-0.39, 0.29) is 0 Å². The Balaban J connectivity index is 2.63. The first kappa shape index (κ1) is 11.9. The zero-order chi connectivity index (χ0) is 11.6. The Morgan fingerprint density at radius 3 is 2.47 bits per heavy atom. The summed E-state index contributed by atoms with van der Waals surface area (Å²) in [7, 11) is 0. The quantitative estimate of drug-likeness (QED) is 0.630. The van der Waals surface area contributed by atoms with Crippen LogP contribution in [-0.2, 0) is 9.53 Å². The summed E-state index contributed by atoms with van der Waals surface area (Å²) in [6.45, 7) is 5.57. The van der Waals surface area contributed by atoms with Crippen LogP contribution in [0, 0.1) is 0 Å². The van der Waals surface area contributed by atoms with E-state index in [0.29, 0.717) is 19.4 Å². The molecule has 0 aromatic heterocycles. The lowest BCUT2D eigenvalue weighted by Gasteiger charge is -2.26. The third-order valence-corrected chi connectivity index (χ3v) is 2.14. The minimum absolute atomic E-state index is 0.384. The maximum atomic E-state index is 12.6. The molecule has 0 unspecified atom stereocenters. The fourth-order valence-electron chi connectivity index (χ4n) is 1.54. The summed E-state index contributed by atoms with van der Waals surface area (Å²) in [5.74, 6) is 0. The lowest BCUT2D eigenvalue weighted by molar-refractivity contribution is -0.133. The van der Waals surface area contributed by atoms with Crippen LogP contribution in [0.3, 0.4) is 0 Å². The maximum absolute atomic E-state index is 12.6. The molecule has 4 nitrogen and oxygen atoms in total. The molecule has 1 amide bonds. The molecule has 0 aliphatic carbocycles. The first-order chi connectivity index (χ1) is 6.81.